The fourth-order valence-corrected chi connectivity index (χ4v) is 1.55. The number of hydrogen-bond acceptors (Lipinski definition) is 4. The summed E-state index contributed by atoms with van der Waals surface area (Å²) >= 11 is 0. The summed E-state index contributed by atoms with van der Waals surface area (Å²) in [4.78, 5) is 11.9. The predicted molar refractivity (Wildman–Crippen MR) is 63.4 cm³/mol. The molecule has 0 fully saturated rings. The van der Waals surface area contributed by atoms with Gasteiger partial charge in [0.25, 0.3) is 0 Å². The summed E-state index contributed by atoms with van der Waals surface area (Å²) in [5.74, 6) is 1.57. The second-order valence-electron chi connectivity index (χ2n) is 3.40. The van der Waals surface area contributed by atoms with E-state index < -0.39 is 0 Å². The number of fused-ring (bicyclic) bond motifs is 1. The predicted octanol–water partition coefficient (Wildman–Crippen LogP) is 1.93. The van der Waals surface area contributed by atoms with Crippen LogP contribution in [0, 0.1) is 0 Å². The summed E-state index contributed by atoms with van der Waals surface area (Å²) in [6, 6.07) is 1.97. The van der Waals surface area contributed by atoms with E-state index in [0.717, 1.165) is 23.4 Å². The maximum absolute atomic E-state index is 5.31. The minimum atomic E-state index is 0.448. The topological polar surface area (TPSA) is 62.8 Å². The van der Waals surface area contributed by atoms with Gasteiger partial charge < -0.3 is 15.0 Å². The van der Waals surface area contributed by atoms with Crippen molar-refractivity contribution in [2.45, 2.75) is 20.5 Å². The fraction of sp³-hybridized carbons (Fsp3) is 0.455. The number of H-pyrrole nitrogens is 1. The van der Waals surface area contributed by atoms with Crippen LogP contribution in [0.3, 0.4) is 0 Å². The average Bonchev–Trinajstić information content (AvgIpc) is 2.75. The lowest BCUT2D eigenvalue weighted by molar-refractivity contribution is 0.128. The number of ether oxygens (including phenoxy) is 1. The maximum Gasteiger partial charge on any atom is 0.158 e. The van der Waals surface area contributed by atoms with Gasteiger partial charge in [0.1, 0.15) is 18.1 Å². The van der Waals surface area contributed by atoms with Crippen molar-refractivity contribution >= 4 is 16.9 Å². The first-order valence-corrected chi connectivity index (χ1v) is 5.50. The molecule has 0 aliphatic heterocycles. The Kier molecular flexibility index (Phi) is 3.36. The quantitative estimate of drug-likeness (QED) is 0.808. The van der Waals surface area contributed by atoms with Gasteiger partial charge in [0.15, 0.2) is 5.82 Å². The van der Waals surface area contributed by atoms with Gasteiger partial charge in [-0.25, -0.2) is 9.97 Å². The third-order valence-electron chi connectivity index (χ3n) is 2.24. The van der Waals surface area contributed by atoms with Gasteiger partial charge in [0, 0.05) is 19.3 Å². The Morgan fingerprint density at radius 1 is 1.38 bits per heavy atom. The van der Waals surface area contributed by atoms with Crippen LogP contribution in [0.1, 0.15) is 19.7 Å². The third kappa shape index (κ3) is 2.14. The minimum Gasteiger partial charge on any atom is -0.374 e. The van der Waals surface area contributed by atoms with Crippen molar-refractivity contribution in [2.24, 2.45) is 0 Å². The van der Waals surface area contributed by atoms with Gasteiger partial charge in [-0.3, -0.25) is 0 Å². The average molecular weight is 220 g/mol. The number of anilines is 1. The monoisotopic (exact) mass is 220 g/mol. The highest BCUT2D eigenvalue weighted by Gasteiger charge is 2.07. The second-order valence-corrected chi connectivity index (χ2v) is 3.40. The van der Waals surface area contributed by atoms with E-state index in [1.165, 1.54) is 0 Å². The zero-order valence-electron chi connectivity index (χ0n) is 9.58. The highest BCUT2D eigenvalue weighted by molar-refractivity contribution is 5.86. The maximum atomic E-state index is 5.31. The molecule has 0 spiro atoms. The highest BCUT2D eigenvalue weighted by atomic mass is 16.5. The van der Waals surface area contributed by atoms with Crippen LogP contribution in [-0.2, 0) is 11.3 Å². The molecular formula is C11H16N4O. The van der Waals surface area contributed by atoms with E-state index in [2.05, 4.69) is 20.3 Å². The molecule has 0 amide bonds. The molecule has 0 radical (unpaired) electrons. The summed E-state index contributed by atoms with van der Waals surface area (Å²) in [5.41, 5.74) is 0.848. The van der Waals surface area contributed by atoms with Gasteiger partial charge in [-0.2, -0.15) is 0 Å². The van der Waals surface area contributed by atoms with Gasteiger partial charge in [-0.05, 0) is 19.9 Å². The molecule has 0 saturated heterocycles. The van der Waals surface area contributed by atoms with Crippen LogP contribution in [0.15, 0.2) is 12.3 Å². The fourth-order valence-electron chi connectivity index (χ4n) is 1.55. The second kappa shape index (κ2) is 4.94. The van der Waals surface area contributed by atoms with E-state index in [4.69, 9.17) is 4.74 Å². The zero-order valence-corrected chi connectivity index (χ0v) is 9.58. The smallest absolute Gasteiger partial charge is 0.158 e. The number of rotatable bonds is 5. The lowest BCUT2D eigenvalue weighted by atomic mass is 10.3. The normalized spacial score (nSPS) is 10.9. The van der Waals surface area contributed by atoms with Crippen LogP contribution >= 0.6 is 0 Å². The van der Waals surface area contributed by atoms with Crippen LogP contribution in [0.2, 0.25) is 0 Å². The molecule has 5 heteroatoms. The molecule has 5 nitrogen and oxygen atoms in total. The number of aromatic nitrogens is 3. The van der Waals surface area contributed by atoms with E-state index >= 15 is 0 Å². The van der Waals surface area contributed by atoms with E-state index in [-0.39, 0.29) is 0 Å². The van der Waals surface area contributed by atoms with Crippen LogP contribution in [0.25, 0.3) is 11.0 Å². The Hall–Kier alpha value is -1.62. The molecule has 0 aliphatic carbocycles. The first kappa shape index (κ1) is 10.9. The Labute approximate surface area is 94.2 Å². The highest BCUT2D eigenvalue weighted by Crippen LogP contribution is 2.19. The number of nitrogens with one attached hydrogen (secondary N) is 2. The number of hydrogen-bond donors (Lipinski definition) is 2. The van der Waals surface area contributed by atoms with Crippen molar-refractivity contribution < 1.29 is 4.74 Å². The first-order chi connectivity index (χ1) is 7.85. The Morgan fingerprint density at radius 3 is 3.00 bits per heavy atom. The summed E-state index contributed by atoms with van der Waals surface area (Å²) in [6.45, 7) is 5.96. The lowest BCUT2D eigenvalue weighted by Crippen LogP contribution is -2.05. The molecule has 2 heterocycles. The van der Waals surface area contributed by atoms with Crippen LogP contribution in [-0.4, -0.2) is 28.1 Å². The summed E-state index contributed by atoms with van der Waals surface area (Å²) < 4.78 is 5.31. The Balaban J connectivity index is 2.36. The van der Waals surface area contributed by atoms with Crippen LogP contribution in [0.4, 0.5) is 5.82 Å². The van der Waals surface area contributed by atoms with E-state index in [9.17, 15) is 0 Å². The number of aromatic amines is 1. The Morgan fingerprint density at radius 2 is 2.25 bits per heavy atom. The molecule has 0 aromatic carbocycles. The van der Waals surface area contributed by atoms with E-state index in [1.807, 2.05) is 26.1 Å². The van der Waals surface area contributed by atoms with E-state index in [1.54, 1.807) is 0 Å². The molecule has 2 aromatic rings. The van der Waals surface area contributed by atoms with E-state index in [0.29, 0.717) is 19.0 Å². The first-order valence-electron chi connectivity index (χ1n) is 5.50. The van der Waals surface area contributed by atoms with Crippen LogP contribution in [0.5, 0.6) is 0 Å². The molecule has 2 aromatic heterocycles. The van der Waals surface area contributed by atoms with Crippen molar-refractivity contribution in [3.63, 3.8) is 0 Å². The Bertz CT molecular complexity index is 466. The zero-order chi connectivity index (χ0) is 11.4. The van der Waals surface area contributed by atoms with Crippen molar-refractivity contribution in [2.75, 3.05) is 18.5 Å². The third-order valence-corrected chi connectivity index (χ3v) is 2.24. The summed E-state index contributed by atoms with van der Waals surface area (Å²) in [6.07, 6.45) is 1.87. The van der Waals surface area contributed by atoms with Crippen molar-refractivity contribution in [1.29, 1.82) is 0 Å². The van der Waals surface area contributed by atoms with Gasteiger partial charge >= 0.3 is 0 Å². The number of nitrogens with zero attached hydrogens (tertiary/aromatic N) is 2. The van der Waals surface area contributed by atoms with Crippen LogP contribution < -0.4 is 5.32 Å². The van der Waals surface area contributed by atoms with Crippen molar-refractivity contribution in [1.82, 2.24) is 15.0 Å². The molecule has 16 heavy (non-hydrogen) atoms. The van der Waals surface area contributed by atoms with Crippen molar-refractivity contribution in [3.05, 3.63) is 18.1 Å². The molecule has 86 valence electrons. The summed E-state index contributed by atoms with van der Waals surface area (Å²) in [7, 11) is 0. The lowest BCUT2D eigenvalue weighted by Gasteiger charge is -2.06. The van der Waals surface area contributed by atoms with Gasteiger partial charge in [0.2, 0.25) is 0 Å². The van der Waals surface area contributed by atoms with Gasteiger partial charge in [-0.15, -0.1) is 0 Å². The summed E-state index contributed by atoms with van der Waals surface area (Å²) in [5, 5.41) is 4.24. The molecular weight excluding hydrogens is 204 g/mol. The molecule has 0 unspecified atom stereocenters. The molecule has 0 saturated carbocycles. The van der Waals surface area contributed by atoms with Gasteiger partial charge in [0.05, 0.1) is 5.39 Å². The molecule has 2 N–H and O–H groups in total. The molecule has 0 atom stereocenters. The standard InChI is InChI=1S/C11H16N4O/c1-3-12-10-8-5-6-13-11(8)15-9(14-10)7-16-4-2/h5-6H,3-4,7H2,1-2H3,(H2,12,13,14,15). The SMILES string of the molecule is CCNc1nc(COCC)nc2[nH]ccc12. The van der Waals surface area contributed by atoms with Crippen molar-refractivity contribution in [3.8, 4) is 0 Å². The molecule has 0 aliphatic rings. The largest absolute Gasteiger partial charge is 0.374 e. The molecule has 2 rings (SSSR count). The minimum absolute atomic E-state index is 0.448. The molecule has 0 bridgehead atoms. The van der Waals surface area contributed by atoms with Gasteiger partial charge in [-0.1, -0.05) is 0 Å².